The molecule has 0 bridgehead atoms. The van der Waals surface area contributed by atoms with Gasteiger partial charge in [-0.1, -0.05) is 133 Å². The first-order valence-corrected chi connectivity index (χ1v) is 19.3. The number of aromatic nitrogens is 4. The molecule has 0 unspecified atom stereocenters. The van der Waals surface area contributed by atoms with Crippen molar-refractivity contribution in [1.82, 2.24) is 19.1 Å². The van der Waals surface area contributed by atoms with E-state index in [0.29, 0.717) is 5.95 Å². The number of rotatable bonds is 6. The molecule has 0 fully saturated rings. The van der Waals surface area contributed by atoms with Gasteiger partial charge < -0.3 is 4.57 Å². The third-order valence-corrected chi connectivity index (χ3v) is 11.2. The van der Waals surface area contributed by atoms with Crippen LogP contribution in [0.25, 0.3) is 99.9 Å². The summed E-state index contributed by atoms with van der Waals surface area (Å²) in [5.74, 6) is 0.648. The minimum absolute atomic E-state index is 0.648. The van der Waals surface area contributed by atoms with Crippen LogP contribution in [0.5, 0.6) is 0 Å². The smallest absolute Gasteiger partial charge is 0.235 e. The second kappa shape index (κ2) is 13.2. The lowest BCUT2D eigenvalue weighted by atomic mass is 9.97. The fourth-order valence-electron chi connectivity index (χ4n) is 8.55. The number of benzene rings is 7. The highest BCUT2D eigenvalue weighted by Crippen LogP contribution is 2.39. The van der Waals surface area contributed by atoms with Gasteiger partial charge in [-0.25, -0.2) is 9.97 Å². The molecule has 0 radical (unpaired) electrons. The molecule has 0 atom stereocenters. The van der Waals surface area contributed by atoms with E-state index in [-0.39, 0.29) is 0 Å². The second-order valence-corrected chi connectivity index (χ2v) is 14.5. The summed E-state index contributed by atoms with van der Waals surface area (Å²) in [6.07, 6.45) is 10.9. The Bertz CT molecular complexity index is 3200. The molecular weight excluding hydrogens is 681 g/mol. The van der Waals surface area contributed by atoms with Gasteiger partial charge in [-0.2, -0.15) is 0 Å². The van der Waals surface area contributed by atoms with Crippen molar-refractivity contribution in [2.45, 2.75) is 12.8 Å². The SMILES string of the molecule is C1=CC(n2c3ccccc3c3cc(-c4ccc5c6ccccc6n(-c6nccc(-c7cccc(-c8cccc(-c9ccccc9)c8)c7)n6)c5c4)ccc32)=CCC1. The lowest BCUT2D eigenvalue weighted by Gasteiger charge is -2.12. The van der Waals surface area contributed by atoms with Crippen LogP contribution < -0.4 is 0 Å². The standard InChI is InChI=1S/C52H36N4/c1-3-13-35(14-4-1)36-15-11-16-37(31-36)38-17-12-18-41(32-38)47-29-30-53-52(54-47)56-49-24-10-7-21-43(49)45-27-25-40(34-51(45)56)39-26-28-50-46(33-39)44-22-8-9-23-48(44)55(50)42-19-5-2-6-20-42/h1,3-5,7-34H,2,6H2. The molecule has 3 heterocycles. The van der Waals surface area contributed by atoms with Gasteiger partial charge in [-0.3, -0.25) is 4.57 Å². The van der Waals surface area contributed by atoms with Crippen LogP contribution in [0.3, 0.4) is 0 Å². The molecule has 1 aliphatic carbocycles. The zero-order valence-corrected chi connectivity index (χ0v) is 30.7. The fraction of sp³-hybridized carbons (Fsp3) is 0.0385. The maximum absolute atomic E-state index is 5.25. The third-order valence-electron chi connectivity index (χ3n) is 11.2. The minimum atomic E-state index is 0.648. The van der Waals surface area contributed by atoms with E-state index >= 15 is 0 Å². The average molecular weight is 717 g/mol. The monoisotopic (exact) mass is 716 g/mol. The Morgan fingerprint density at radius 2 is 0.982 bits per heavy atom. The van der Waals surface area contributed by atoms with Crippen molar-refractivity contribution in [3.05, 3.63) is 194 Å². The number of nitrogens with zero attached hydrogens (tertiary/aromatic N) is 4. The topological polar surface area (TPSA) is 35.6 Å². The van der Waals surface area contributed by atoms with Crippen LogP contribution in [0.15, 0.2) is 194 Å². The summed E-state index contributed by atoms with van der Waals surface area (Å²) in [6, 6.07) is 61.0. The molecule has 264 valence electrons. The lowest BCUT2D eigenvalue weighted by Crippen LogP contribution is -2.01. The highest BCUT2D eigenvalue weighted by atomic mass is 15.2. The number of para-hydroxylation sites is 2. The molecule has 0 spiro atoms. The predicted octanol–water partition coefficient (Wildman–Crippen LogP) is 13.5. The molecule has 56 heavy (non-hydrogen) atoms. The molecule has 1 aliphatic rings. The van der Waals surface area contributed by atoms with Crippen LogP contribution in [0, 0.1) is 0 Å². The van der Waals surface area contributed by atoms with Gasteiger partial charge in [-0.15, -0.1) is 0 Å². The van der Waals surface area contributed by atoms with Crippen molar-refractivity contribution in [3.8, 4) is 50.6 Å². The summed E-state index contributed by atoms with van der Waals surface area (Å²) >= 11 is 0. The first kappa shape index (κ1) is 32.2. The Labute approximate surface area is 325 Å². The number of allylic oxidation sites excluding steroid dienone is 4. The lowest BCUT2D eigenvalue weighted by molar-refractivity contribution is 0.992. The average Bonchev–Trinajstić information content (AvgIpc) is 3.79. The highest BCUT2D eigenvalue weighted by molar-refractivity contribution is 6.13. The Hall–Kier alpha value is -7.30. The van der Waals surface area contributed by atoms with Gasteiger partial charge in [0.1, 0.15) is 0 Å². The normalized spacial score (nSPS) is 12.9. The van der Waals surface area contributed by atoms with Crippen molar-refractivity contribution in [1.29, 1.82) is 0 Å². The molecule has 0 aliphatic heterocycles. The van der Waals surface area contributed by atoms with Gasteiger partial charge in [0.2, 0.25) is 5.95 Å². The van der Waals surface area contributed by atoms with Gasteiger partial charge in [0.05, 0.1) is 27.8 Å². The quantitative estimate of drug-likeness (QED) is 0.172. The molecule has 0 saturated heterocycles. The Morgan fingerprint density at radius 3 is 1.77 bits per heavy atom. The van der Waals surface area contributed by atoms with E-state index in [1.54, 1.807) is 0 Å². The van der Waals surface area contributed by atoms with Gasteiger partial charge >= 0.3 is 0 Å². The summed E-state index contributed by atoms with van der Waals surface area (Å²) < 4.78 is 4.63. The van der Waals surface area contributed by atoms with Crippen LogP contribution in [0.4, 0.5) is 0 Å². The molecule has 10 aromatic rings. The van der Waals surface area contributed by atoms with Crippen molar-refractivity contribution < 1.29 is 0 Å². The summed E-state index contributed by atoms with van der Waals surface area (Å²) in [5, 5.41) is 4.87. The van der Waals surface area contributed by atoms with Gasteiger partial charge in [0.15, 0.2) is 0 Å². The summed E-state index contributed by atoms with van der Waals surface area (Å²) in [6.45, 7) is 0. The maximum Gasteiger partial charge on any atom is 0.235 e. The molecule has 3 aromatic heterocycles. The van der Waals surface area contributed by atoms with E-state index in [1.807, 2.05) is 12.3 Å². The first-order valence-electron chi connectivity index (χ1n) is 19.3. The summed E-state index contributed by atoms with van der Waals surface area (Å²) in [7, 11) is 0. The molecule has 7 aromatic carbocycles. The number of fused-ring (bicyclic) bond motifs is 6. The van der Waals surface area contributed by atoms with Crippen molar-refractivity contribution in [3.63, 3.8) is 0 Å². The highest BCUT2D eigenvalue weighted by Gasteiger charge is 2.18. The second-order valence-electron chi connectivity index (χ2n) is 14.5. The summed E-state index contributed by atoms with van der Waals surface area (Å²) in [5.41, 5.74) is 14.8. The molecule has 11 rings (SSSR count). The summed E-state index contributed by atoms with van der Waals surface area (Å²) in [4.78, 5) is 10.1. The third kappa shape index (κ3) is 5.38. The van der Waals surface area contributed by atoms with Crippen LogP contribution in [0.1, 0.15) is 12.8 Å². The molecule has 0 saturated carbocycles. The van der Waals surface area contributed by atoms with Crippen LogP contribution >= 0.6 is 0 Å². The van der Waals surface area contributed by atoms with Crippen molar-refractivity contribution >= 4 is 49.3 Å². The first-order chi connectivity index (χ1) is 27.8. The van der Waals surface area contributed by atoms with Crippen LogP contribution in [-0.2, 0) is 0 Å². The van der Waals surface area contributed by atoms with Gasteiger partial charge in [0.25, 0.3) is 0 Å². The Balaban J connectivity index is 1.02. The molecule has 0 N–H and O–H groups in total. The molecular formula is C52H36N4. The van der Waals surface area contributed by atoms with E-state index in [9.17, 15) is 0 Å². The van der Waals surface area contributed by atoms with Gasteiger partial charge in [-0.05, 0) is 101 Å². The molecule has 0 amide bonds. The largest absolute Gasteiger partial charge is 0.310 e. The Morgan fingerprint density at radius 1 is 0.393 bits per heavy atom. The van der Waals surface area contributed by atoms with Crippen LogP contribution in [-0.4, -0.2) is 19.1 Å². The number of hydrogen-bond acceptors (Lipinski definition) is 2. The van der Waals surface area contributed by atoms with E-state index in [1.165, 1.54) is 60.5 Å². The molecule has 4 nitrogen and oxygen atoms in total. The van der Waals surface area contributed by atoms with Crippen molar-refractivity contribution in [2.75, 3.05) is 0 Å². The maximum atomic E-state index is 5.25. The van der Waals surface area contributed by atoms with Crippen molar-refractivity contribution in [2.24, 2.45) is 0 Å². The van der Waals surface area contributed by atoms with E-state index < -0.39 is 0 Å². The Kier molecular flexibility index (Phi) is 7.59. The zero-order valence-electron chi connectivity index (χ0n) is 30.7. The van der Waals surface area contributed by atoms with Gasteiger partial charge in [0, 0.05) is 39.0 Å². The van der Waals surface area contributed by atoms with E-state index in [2.05, 4.69) is 191 Å². The minimum Gasteiger partial charge on any atom is -0.310 e. The number of hydrogen-bond donors (Lipinski definition) is 0. The molecule has 4 heteroatoms. The fourth-order valence-corrected chi connectivity index (χ4v) is 8.55. The van der Waals surface area contributed by atoms with Crippen LogP contribution in [0.2, 0.25) is 0 Å². The zero-order chi connectivity index (χ0) is 37.0. The van der Waals surface area contributed by atoms with E-state index in [4.69, 9.17) is 9.97 Å². The van der Waals surface area contributed by atoms with E-state index in [0.717, 1.165) is 46.3 Å². The predicted molar refractivity (Wildman–Crippen MR) is 234 cm³/mol.